The summed E-state index contributed by atoms with van der Waals surface area (Å²) in [5.41, 5.74) is 6.63. The monoisotopic (exact) mass is 327 g/mol. The summed E-state index contributed by atoms with van der Waals surface area (Å²) < 4.78 is 0. The number of fused-ring (bicyclic) bond motifs is 1. The van der Waals surface area contributed by atoms with Crippen LogP contribution in [0.5, 0.6) is 0 Å². The van der Waals surface area contributed by atoms with E-state index in [9.17, 15) is 0 Å². The Hall–Kier alpha value is -1.74. The van der Waals surface area contributed by atoms with Gasteiger partial charge < -0.3 is 0 Å². The van der Waals surface area contributed by atoms with Crippen LogP contribution in [-0.2, 0) is 10.8 Å². The van der Waals surface area contributed by atoms with Crippen LogP contribution in [0.4, 0.5) is 0 Å². The fraction of sp³-hybridized carbons (Fsp3) is 0.320. The van der Waals surface area contributed by atoms with Gasteiger partial charge in [0.15, 0.2) is 0 Å². The predicted octanol–water partition coefficient (Wildman–Crippen LogP) is 6.14. The van der Waals surface area contributed by atoms with Crippen molar-refractivity contribution in [1.82, 2.24) is 0 Å². The van der Waals surface area contributed by atoms with E-state index in [-0.39, 0.29) is 10.8 Å². The first-order valence-corrected chi connectivity index (χ1v) is 8.98. The molecule has 3 rings (SSSR count). The smallest absolute Gasteiger partial charge is 0.0558 e. The van der Waals surface area contributed by atoms with Crippen LogP contribution >= 0.6 is 0 Å². The molecule has 0 atom stereocenters. The zero-order chi connectivity index (χ0) is 18.2. The molecule has 3 aliphatic carbocycles. The molecule has 0 spiro atoms. The van der Waals surface area contributed by atoms with Crippen molar-refractivity contribution in [2.24, 2.45) is 0 Å². The summed E-state index contributed by atoms with van der Waals surface area (Å²) in [5.74, 6) is 7.78. The minimum Gasteiger partial charge on any atom is -0.0888 e. The molecule has 3 aliphatic rings. The van der Waals surface area contributed by atoms with Crippen molar-refractivity contribution in [2.45, 2.75) is 52.4 Å². The molecule has 1 saturated carbocycles. The van der Waals surface area contributed by atoms with Crippen LogP contribution < -0.4 is 0 Å². The first kappa shape index (κ1) is 18.1. The molecule has 5 radical (unpaired) electrons. The molecular weight excluding hydrogens is 300 g/mol. The maximum Gasteiger partial charge on any atom is 0.0558 e. The SMILES string of the molecule is CC(C)(C)c1ccc2c(C#C[C]3[CH][CH][CH][CH]3)cc(C(C)(C)C)c-2cc1. The van der Waals surface area contributed by atoms with Gasteiger partial charge in [-0.2, -0.15) is 0 Å². The Labute approximate surface area is 154 Å². The Balaban J connectivity index is 2.13. The normalized spacial score (nSPS) is 16.1. The van der Waals surface area contributed by atoms with Crippen molar-refractivity contribution in [3.05, 3.63) is 78.6 Å². The van der Waals surface area contributed by atoms with Crippen molar-refractivity contribution < 1.29 is 0 Å². The molecule has 0 amide bonds. The van der Waals surface area contributed by atoms with Crippen LogP contribution in [0.15, 0.2) is 30.3 Å². The van der Waals surface area contributed by atoms with Crippen molar-refractivity contribution in [2.75, 3.05) is 0 Å². The lowest BCUT2D eigenvalue weighted by Crippen LogP contribution is -2.10. The van der Waals surface area contributed by atoms with Gasteiger partial charge in [-0.3, -0.25) is 0 Å². The topological polar surface area (TPSA) is 0 Å². The highest BCUT2D eigenvalue weighted by Gasteiger charge is 2.24. The molecule has 0 bridgehead atoms. The molecule has 0 unspecified atom stereocenters. The van der Waals surface area contributed by atoms with E-state index in [2.05, 4.69) is 96.6 Å². The standard InChI is InChI=1S/C25H27/c1-24(2,3)20-13-15-21-19(12-11-18-9-7-8-10-18)17-23(25(4,5)6)22(21)16-14-20/h7-10,13-17H,1-6H3. The summed E-state index contributed by atoms with van der Waals surface area (Å²) in [6.45, 7) is 13.6. The molecule has 0 aliphatic heterocycles. The number of hydrogen-bond acceptors (Lipinski definition) is 0. The molecule has 0 saturated heterocycles. The van der Waals surface area contributed by atoms with Gasteiger partial charge in [0.1, 0.15) is 0 Å². The van der Waals surface area contributed by atoms with Gasteiger partial charge in [0.05, 0.1) is 5.92 Å². The Morgan fingerprint density at radius 2 is 1.28 bits per heavy atom. The van der Waals surface area contributed by atoms with Crippen LogP contribution in [0.3, 0.4) is 0 Å². The first-order valence-electron chi connectivity index (χ1n) is 8.98. The van der Waals surface area contributed by atoms with Gasteiger partial charge in [-0.15, -0.1) is 0 Å². The maximum absolute atomic E-state index is 3.40. The van der Waals surface area contributed by atoms with E-state index in [0.29, 0.717) is 0 Å². The summed E-state index contributed by atoms with van der Waals surface area (Å²) >= 11 is 0. The molecular formula is C25H27. The lowest BCUT2D eigenvalue weighted by Gasteiger charge is -2.19. The molecule has 0 aromatic carbocycles. The number of hydrogen-bond donors (Lipinski definition) is 0. The third kappa shape index (κ3) is 3.92. The van der Waals surface area contributed by atoms with Gasteiger partial charge >= 0.3 is 0 Å². The van der Waals surface area contributed by atoms with Crippen LogP contribution in [0.25, 0.3) is 11.1 Å². The minimum absolute atomic E-state index is 0.0920. The summed E-state index contributed by atoms with van der Waals surface area (Å²) in [6.07, 6.45) is 8.17. The largest absolute Gasteiger partial charge is 0.0888 e. The Morgan fingerprint density at radius 1 is 0.680 bits per heavy atom. The zero-order valence-corrected chi connectivity index (χ0v) is 16.2. The second kappa shape index (κ2) is 6.53. The summed E-state index contributed by atoms with van der Waals surface area (Å²) in [6, 6.07) is 11.3. The van der Waals surface area contributed by atoms with Gasteiger partial charge in [-0.05, 0) is 64.8 Å². The zero-order valence-electron chi connectivity index (χ0n) is 16.2. The van der Waals surface area contributed by atoms with Crippen molar-refractivity contribution in [3.63, 3.8) is 0 Å². The van der Waals surface area contributed by atoms with Crippen molar-refractivity contribution in [3.8, 4) is 23.0 Å². The fourth-order valence-corrected chi connectivity index (χ4v) is 3.17. The molecule has 127 valence electrons. The van der Waals surface area contributed by atoms with E-state index in [1.54, 1.807) is 0 Å². The van der Waals surface area contributed by atoms with E-state index < -0.39 is 0 Å². The predicted molar refractivity (Wildman–Crippen MR) is 108 cm³/mol. The lowest BCUT2D eigenvalue weighted by atomic mass is 9.85. The van der Waals surface area contributed by atoms with E-state index in [0.717, 1.165) is 11.5 Å². The van der Waals surface area contributed by atoms with Gasteiger partial charge in [0.2, 0.25) is 0 Å². The average Bonchev–Trinajstić information content (AvgIpc) is 3.06. The van der Waals surface area contributed by atoms with E-state index >= 15 is 0 Å². The molecule has 0 N–H and O–H groups in total. The highest BCUT2D eigenvalue weighted by atomic mass is 14.3. The molecule has 0 heteroatoms. The molecule has 0 aromatic heterocycles. The highest BCUT2D eigenvalue weighted by Crippen LogP contribution is 2.39. The van der Waals surface area contributed by atoms with Crippen molar-refractivity contribution >= 4 is 0 Å². The van der Waals surface area contributed by atoms with E-state index in [1.807, 2.05) is 12.8 Å². The molecule has 0 aromatic rings. The van der Waals surface area contributed by atoms with E-state index in [1.165, 1.54) is 22.3 Å². The summed E-state index contributed by atoms with van der Waals surface area (Å²) in [4.78, 5) is 0. The van der Waals surface area contributed by atoms with Crippen LogP contribution in [0.2, 0.25) is 0 Å². The fourth-order valence-electron chi connectivity index (χ4n) is 3.17. The second-order valence-electron chi connectivity index (χ2n) is 8.84. The summed E-state index contributed by atoms with van der Waals surface area (Å²) in [5, 5.41) is 0. The first-order chi connectivity index (χ1) is 11.7. The van der Waals surface area contributed by atoms with Crippen molar-refractivity contribution in [1.29, 1.82) is 0 Å². The maximum atomic E-state index is 3.40. The van der Waals surface area contributed by atoms with Crippen LogP contribution in [0, 0.1) is 43.4 Å². The molecule has 25 heavy (non-hydrogen) atoms. The van der Waals surface area contributed by atoms with Gasteiger partial charge in [0.25, 0.3) is 0 Å². The quantitative estimate of drug-likeness (QED) is 0.510. The Bertz CT molecular complexity index is 778. The third-order valence-electron chi connectivity index (χ3n) is 4.70. The van der Waals surface area contributed by atoms with Gasteiger partial charge in [0, 0.05) is 5.56 Å². The van der Waals surface area contributed by atoms with Crippen LogP contribution in [0.1, 0.15) is 58.2 Å². The minimum atomic E-state index is 0.0920. The summed E-state index contributed by atoms with van der Waals surface area (Å²) in [7, 11) is 0. The highest BCUT2D eigenvalue weighted by molar-refractivity contribution is 5.79. The van der Waals surface area contributed by atoms with E-state index in [4.69, 9.17) is 0 Å². The Kier molecular flexibility index (Phi) is 4.72. The average molecular weight is 327 g/mol. The lowest BCUT2D eigenvalue weighted by molar-refractivity contribution is 0.590. The second-order valence-corrected chi connectivity index (χ2v) is 8.84. The third-order valence-corrected chi connectivity index (χ3v) is 4.70. The number of rotatable bonds is 0. The molecule has 0 heterocycles. The van der Waals surface area contributed by atoms with Gasteiger partial charge in [-0.1, -0.05) is 77.6 Å². The molecule has 0 nitrogen and oxygen atoms in total. The van der Waals surface area contributed by atoms with Crippen LogP contribution in [-0.4, -0.2) is 0 Å². The molecule has 1 fully saturated rings. The Morgan fingerprint density at radius 3 is 1.84 bits per heavy atom. The van der Waals surface area contributed by atoms with Gasteiger partial charge in [-0.25, -0.2) is 0 Å².